The van der Waals surface area contributed by atoms with Gasteiger partial charge in [-0.3, -0.25) is 4.79 Å². The number of imidazole rings is 1. The summed E-state index contributed by atoms with van der Waals surface area (Å²) < 4.78 is 37.9. The number of hydrogen-bond donors (Lipinski definition) is 2. The summed E-state index contributed by atoms with van der Waals surface area (Å²) in [5, 5.41) is 3.25. The van der Waals surface area contributed by atoms with E-state index in [0.717, 1.165) is 29.2 Å². The molecule has 0 fully saturated rings. The van der Waals surface area contributed by atoms with E-state index < -0.39 is 11.7 Å². The number of aromatic amines is 1. The fraction of sp³-hybridized carbons (Fsp3) is 0.188. The fourth-order valence-corrected chi connectivity index (χ4v) is 3.16. The number of halogens is 3. The van der Waals surface area contributed by atoms with E-state index in [1.54, 1.807) is 13.1 Å². The van der Waals surface area contributed by atoms with Crippen LogP contribution in [0.1, 0.15) is 26.6 Å². The largest absolute Gasteiger partial charge is 0.416 e. The SMILES string of the molecule is Cc1nc(-c2ccc(C(F)(F)F)cc2)sc1C(=O)NCc1cnc[nH]1. The number of alkyl halides is 3. The summed E-state index contributed by atoms with van der Waals surface area (Å²) >= 11 is 1.14. The lowest BCUT2D eigenvalue weighted by Crippen LogP contribution is -2.22. The van der Waals surface area contributed by atoms with Crippen molar-refractivity contribution in [1.29, 1.82) is 0 Å². The van der Waals surface area contributed by atoms with Gasteiger partial charge in [0.05, 0.1) is 29.8 Å². The minimum Gasteiger partial charge on any atom is -0.347 e. The van der Waals surface area contributed by atoms with Crippen molar-refractivity contribution in [2.45, 2.75) is 19.6 Å². The average molecular weight is 366 g/mol. The van der Waals surface area contributed by atoms with Gasteiger partial charge in [-0.15, -0.1) is 11.3 Å². The molecule has 25 heavy (non-hydrogen) atoms. The number of aryl methyl sites for hydroxylation is 1. The number of benzene rings is 1. The van der Waals surface area contributed by atoms with Crippen LogP contribution in [-0.4, -0.2) is 20.9 Å². The molecule has 0 radical (unpaired) electrons. The Morgan fingerprint density at radius 2 is 2.00 bits per heavy atom. The van der Waals surface area contributed by atoms with Gasteiger partial charge in [-0.1, -0.05) is 12.1 Å². The number of rotatable bonds is 4. The van der Waals surface area contributed by atoms with Crippen LogP contribution in [-0.2, 0) is 12.7 Å². The van der Waals surface area contributed by atoms with Crippen LogP contribution in [0.25, 0.3) is 10.6 Å². The third kappa shape index (κ3) is 3.87. The maximum Gasteiger partial charge on any atom is 0.416 e. The molecule has 0 atom stereocenters. The smallest absolute Gasteiger partial charge is 0.347 e. The third-order valence-corrected chi connectivity index (χ3v) is 4.66. The Labute approximate surface area is 145 Å². The van der Waals surface area contributed by atoms with Gasteiger partial charge in [0.1, 0.15) is 9.88 Å². The summed E-state index contributed by atoms with van der Waals surface area (Å²) in [6, 6.07) is 4.72. The molecule has 0 unspecified atom stereocenters. The number of nitrogens with one attached hydrogen (secondary N) is 2. The molecule has 0 saturated heterocycles. The number of H-pyrrole nitrogens is 1. The number of hydrogen-bond acceptors (Lipinski definition) is 4. The minimum absolute atomic E-state index is 0.289. The van der Waals surface area contributed by atoms with E-state index in [1.165, 1.54) is 18.5 Å². The highest BCUT2D eigenvalue weighted by Crippen LogP contribution is 2.32. The van der Waals surface area contributed by atoms with Crippen LogP contribution >= 0.6 is 11.3 Å². The molecule has 3 rings (SSSR count). The van der Waals surface area contributed by atoms with E-state index >= 15 is 0 Å². The molecule has 5 nitrogen and oxygen atoms in total. The maximum absolute atomic E-state index is 12.6. The molecule has 0 aliphatic carbocycles. The molecular formula is C16H13F3N4OS. The molecule has 0 spiro atoms. The van der Waals surface area contributed by atoms with Crippen molar-refractivity contribution in [3.05, 3.63) is 58.6 Å². The van der Waals surface area contributed by atoms with E-state index in [0.29, 0.717) is 27.7 Å². The van der Waals surface area contributed by atoms with E-state index in [9.17, 15) is 18.0 Å². The topological polar surface area (TPSA) is 70.7 Å². The van der Waals surface area contributed by atoms with Gasteiger partial charge in [-0.05, 0) is 19.1 Å². The van der Waals surface area contributed by atoms with E-state index in [4.69, 9.17) is 0 Å². The van der Waals surface area contributed by atoms with Crippen molar-refractivity contribution in [2.24, 2.45) is 0 Å². The van der Waals surface area contributed by atoms with Gasteiger partial charge >= 0.3 is 6.18 Å². The molecule has 0 aliphatic rings. The van der Waals surface area contributed by atoms with Crippen LogP contribution in [0.4, 0.5) is 13.2 Å². The minimum atomic E-state index is -4.38. The van der Waals surface area contributed by atoms with Crippen molar-refractivity contribution in [1.82, 2.24) is 20.3 Å². The Hall–Kier alpha value is -2.68. The zero-order valence-corrected chi connectivity index (χ0v) is 13.8. The van der Waals surface area contributed by atoms with Crippen molar-refractivity contribution >= 4 is 17.2 Å². The van der Waals surface area contributed by atoms with Crippen molar-refractivity contribution < 1.29 is 18.0 Å². The van der Waals surface area contributed by atoms with Crippen LogP contribution in [0.2, 0.25) is 0 Å². The summed E-state index contributed by atoms with van der Waals surface area (Å²) in [5.41, 5.74) is 1.11. The molecule has 2 N–H and O–H groups in total. The molecule has 2 aromatic heterocycles. The predicted octanol–water partition coefficient (Wildman–Crippen LogP) is 3.79. The first kappa shape index (κ1) is 17.2. The van der Waals surface area contributed by atoms with Gasteiger partial charge in [0.25, 0.3) is 5.91 Å². The average Bonchev–Trinajstić information content (AvgIpc) is 3.21. The van der Waals surface area contributed by atoms with Crippen LogP contribution in [0.5, 0.6) is 0 Å². The first-order valence-corrected chi connectivity index (χ1v) is 8.07. The van der Waals surface area contributed by atoms with E-state index in [1.807, 2.05) is 0 Å². The van der Waals surface area contributed by atoms with Crippen molar-refractivity contribution in [2.75, 3.05) is 0 Å². The number of aromatic nitrogens is 3. The molecule has 0 aliphatic heterocycles. The first-order chi connectivity index (χ1) is 11.8. The predicted molar refractivity (Wildman–Crippen MR) is 87.0 cm³/mol. The van der Waals surface area contributed by atoms with Crippen LogP contribution in [0.3, 0.4) is 0 Å². The maximum atomic E-state index is 12.6. The van der Waals surface area contributed by atoms with Gasteiger partial charge < -0.3 is 10.3 Å². The van der Waals surface area contributed by atoms with Gasteiger partial charge in [0.15, 0.2) is 0 Å². The second kappa shape index (κ2) is 6.67. The van der Waals surface area contributed by atoms with Crippen molar-refractivity contribution in [3.63, 3.8) is 0 Å². The van der Waals surface area contributed by atoms with Crippen LogP contribution in [0.15, 0.2) is 36.8 Å². The summed E-state index contributed by atoms with van der Waals surface area (Å²) in [4.78, 5) is 23.7. The lowest BCUT2D eigenvalue weighted by Gasteiger charge is -2.06. The van der Waals surface area contributed by atoms with E-state index in [-0.39, 0.29) is 5.91 Å². The zero-order valence-electron chi connectivity index (χ0n) is 13.0. The summed E-state index contributed by atoms with van der Waals surface area (Å²) in [6.45, 7) is 1.99. The molecule has 0 bridgehead atoms. The number of carbonyl (C=O) groups excluding carboxylic acids is 1. The second-order valence-corrected chi connectivity index (χ2v) is 6.27. The lowest BCUT2D eigenvalue weighted by molar-refractivity contribution is -0.137. The fourth-order valence-electron chi connectivity index (χ4n) is 2.17. The number of carbonyl (C=O) groups is 1. The molecule has 9 heteroatoms. The Bertz CT molecular complexity index is 870. The highest BCUT2D eigenvalue weighted by molar-refractivity contribution is 7.17. The summed E-state index contributed by atoms with van der Waals surface area (Å²) in [5.74, 6) is -0.289. The molecule has 1 aromatic carbocycles. The molecule has 2 heterocycles. The molecule has 0 saturated carbocycles. The highest BCUT2D eigenvalue weighted by atomic mass is 32.1. The first-order valence-electron chi connectivity index (χ1n) is 7.25. The monoisotopic (exact) mass is 366 g/mol. The standard InChI is InChI=1S/C16H13F3N4OS/c1-9-13(14(24)21-7-12-6-20-8-22-12)25-15(23-9)10-2-4-11(5-3-10)16(17,18)19/h2-6,8H,7H2,1H3,(H,20,22)(H,21,24). The molecular weight excluding hydrogens is 353 g/mol. The lowest BCUT2D eigenvalue weighted by atomic mass is 10.1. The Balaban J connectivity index is 1.76. The molecule has 1 amide bonds. The van der Waals surface area contributed by atoms with Gasteiger partial charge in [0, 0.05) is 11.8 Å². The quantitative estimate of drug-likeness (QED) is 0.738. The molecule has 3 aromatic rings. The number of amides is 1. The number of thiazole rings is 1. The van der Waals surface area contributed by atoms with Crippen LogP contribution < -0.4 is 5.32 Å². The Morgan fingerprint density at radius 1 is 1.28 bits per heavy atom. The Morgan fingerprint density at radius 3 is 2.60 bits per heavy atom. The van der Waals surface area contributed by atoms with E-state index in [2.05, 4.69) is 20.3 Å². The second-order valence-electron chi connectivity index (χ2n) is 5.27. The summed E-state index contributed by atoms with van der Waals surface area (Å²) in [7, 11) is 0. The normalized spacial score (nSPS) is 11.5. The summed E-state index contributed by atoms with van der Waals surface area (Å²) in [6.07, 6.45) is -1.26. The van der Waals surface area contributed by atoms with Crippen LogP contribution in [0, 0.1) is 6.92 Å². The van der Waals surface area contributed by atoms with Gasteiger partial charge in [-0.25, -0.2) is 9.97 Å². The zero-order chi connectivity index (χ0) is 18.0. The number of nitrogens with zero attached hydrogens (tertiary/aromatic N) is 2. The highest BCUT2D eigenvalue weighted by Gasteiger charge is 2.30. The van der Waals surface area contributed by atoms with Gasteiger partial charge in [-0.2, -0.15) is 13.2 Å². The van der Waals surface area contributed by atoms with Crippen molar-refractivity contribution in [3.8, 4) is 10.6 Å². The van der Waals surface area contributed by atoms with Gasteiger partial charge in [0.2, 0.25) is 0 Å². The Kier molecular flexibility index (Phi) is 4.58. The molecule has 130 valence electrons. The third-order valence-electron chi connectivity index (χ3n) is 3.46.